The van der Waals surface area contributed by atoms with Gasteiger partial charge in [-0.2, -0.15) is 4.31 Å². The zero-order valence-electron chi connectivity index (χ0n) is 22.1. The molecule has 0 spiro atoms. The lowest BCUT2D eigenvalue weighted by Gasteiger charge is -2.25. The van der Waals surface area contributed by atoms with Gasteiger partial charge in [0.05, 0.1) is 26.9 Å². The summed E-state index contributed by atoms with van der Waals surface area (Å²) in [5, 5.41) is 13.8. The second-order valence-corrected chi connectivity index (χ2v) is 13.0. The second-order valence-electron chi connectivity index (χ2n) is 9.24. The van der Waals surface area contributed by atoms with Gasteiger partial charge in [0.25, 0.3) is 15.7 Å². The van der Waals surface area contributed by atoms with E-state index < -0.39 is 37.4 Å². The van der Waals surface area contributed by atoms with Crippen molar-refractivity contribution in [3.05, 3.63) is 89.0 Å². The molecule has 1 saturated heterocycles. The van der Waals surface area contributed by atoms with E-state index in [4.69, 9.17) is 4.74 Å². The highest BCUT2D eigenvalue weighted by atomic mass is 32.2. The molecule has 1 aliphatic heterocycles. The lowest BCUT2D eigenvalue weighted by atomic mass is 10.2. The maximum Gasteiger partial charge on any atom is 0.271 e. The van der Waals surface area contributed by atoms with Gasteiger partial charge in [0.1, 0.15) is 18.9 Å². The number of benzene rings is 3. The van der Waals surface area contributed by atoms with Crippen molar-refractivity contribution in [3.63, 3.8) is 0 Å². The first-order chi connectivity index (χ1) is 19.6. The van der Waals surface area contributed by atoms with Crippen LogP contribution >= 0.6 is 0 Å². The number of rotatable bonds is 12. The van der Waals surface area contributed by atoms with E-state index in [2.05, 4.69) is 5.32 Å². The van der Waals surface area contributed by atoms with E-state index in [1.54, 1.807) is 6.07 Å². The molecule has 0 bridgehead atoms. The van der Waals surface area contributed by atoms with Crippen LogP contribution in [0, 0.1) is 10.1 Å². The van der Waals surface area contributed by atoms with Gasteiger partial charge in [-0.1, -0.05) is 30.7 Å². The van der Waals surface area contributed by atoms with E-state index in [0.29, 0.717) is 18.8 Å². The molecule has 218 valence electrons. The van der Waals surface area contributed by atoms with Gasteiger partial charge in [0, 0.05) is 25.2 Å². The zero-order valence-corrected chi connectivity index (χ0v) is 23.7. The summed E-state index contributed by atoms with van der Waals surface area (Å²) in [6.07, 6.45) is 2.70. The fraction of sp³-hybridized carbons (Fsp3) is 0.296. The smallest absolute Gasteiger partial charge is 0.271 e. The summed E-state index contributed by atoms with van der Waals surface area (Å²) in [5.41, 5.74) is -0.353. The Balaban J connectivity index is 1.37. The van der Waals surface area contributed by atoms with Gasteiger partial charge in [-0.3, -0.25) is 19.2 Å². The number of nitrogens with zero attached hydrogens (tertiary/aromatic N) is 3. The molecule has 0 aliphatic carbocycles. The number of piperidine rings is 1. The normalized spacial score (nSPS) is 14.2. The minimum absolute atomic E-state index is 0.0286. The molecule has 1 amide bonds. The van der Waals surface area contributed by atoms with Crippen molar-refractivity contribution in [2.75, 3.05) is 37.1 Å². The van der Waals surface area contributed by atoms with Crippen molar-refractivity contribution in [2.45, 2.75) is 29.1 Å². The Morgan fingerprint density at radius 3 is 2.24 bits per heavy atom. The highest BCUT2D eigenvalue weighted by molar-refractivity contribution is 7.92. The van der Waals surface area contributed by atoms with Crippen LogP contribution in [0.15, 0.2) is 88.7 Å². The van der Waals surface area contributed by atoms with Crippen LogP contribution in [-0.2, 0) is 24.8 Å². The molecule has 0 unspecified atom stereocenters. The summed E-state index contributed by atoms with van der Waals surface area (Å²) in [6.45, 7) is 0.450. The molecule has 0 radical (unpaired) electrons. The van der Waals surface area contributed by atoms with E-state index in [1.807, 2.05) is 0 Å². The Labute approximate surface area is 238 Å². The molecule has 0 atom stereocenters. The third kappa shape index (κ3) is 7.39. The standard InChI is InChI=1S/C27H30N4O8S2/c32-27(28-16-19-39-24-12-14-26(15-13-24)40(35,36)29-17-5-2-6-18-29)21-30(22-8-7-9-23(20-22)31(33)34)41(37,38)25-10-3-1-4-11-25/h1,3-4,7-15,20H,2,5-6,16-19,21H2,(H,28,32). The highest BCUT2D eigenvalue weighted by Gasteiger charge is 2.28. The number of anilines is 1. The molecular weight excluding hydrogens is 572 g/mol. The quantitative estimate of drug-likeness (QED) is 0.188. The van der Waals surface area contributed by atoms with Crippen molar-refractivity contribution in [1.82, 2.24) is 9.62 Å². The molecule has 1 N–H and O–H groups in total. The predicted molar refractivity (Wildman–Crippen MR) is 152 cm³/mol. The van der Waals surface area contributed by atoms with Crippen LogP contribution in [0.25, 0.3) is 0 Å². The first-order valence-electron chi connectivity index (χ1n) is 12.9. The molecule has 4 rings (SSSR count). The number of amides is 1. The van der Waals surface area contributed by atoms with Crippen molar-refractivity contribution in [2.24, 2.45) is 0 Å². The Morgan fingerprint density at radius 1 is 0.902 bits per heavy atom. The van der Waals surface area contributed by atoms with E-state index >= 15 is 0 Å². The summed E-state index contributed by atoms with van der Waals surface area (Å²) in [5.74, 6) is -0.246. The van der Waals surface area contributed by atoms with E-state index in [9.17, 15) is 31.7 Å². The van der Waals surface area contributed by atoms with Gasteiger partial charge in [-0.15, -0.1) is 0 Å². The number of nitrogens with one attached hydrogen (secondary N) is 1. The lowest BCUT2D eigenvalue weighted by Crippen LogP contribution is -2.41. The number of hydrogen-bond donors (Lipinski definition) is 1. The Morgan fingerprint density at radius 2 is 1.59 bits per heavy atom. The van der Waals surface area contributed by atoms with Gasteiger partial charge in [0.2, 0.25) is 15.9 Å². The predicted octanol–water partition coefficient (Wildman–Crippen LogP) is 3.16. The summed E-state index contributed by atoms with van der Waals surface area (Å²) >= 11 is 0. The van der Waals surface area contributed by atoms with Crippen molar-refractivity contribution < 1.29 is 31.3 Å². The Kier molecular flexibility index (Phi) is 9.57. The van der Waals surface area contributed by atoms with E-state index in [1.165, 1.54) is 71.0 Å². The van der Waals surface area contributed by atoms with Crippen LogP contribution in [0.2, 0.25) is 0 Å². The molecular formula is C27H30N4O8S2. The van der Waals surface area contributed by atoms with E-state index in [0.717, 1.165) is 29.6 Å². The summed E-state index contributed by atoms with van der Waals surface area (Å²) in [7, 11) is -7.78. The van der Waals surface area contributed by atoms with Crippen LogP contribution in [0.3, 0.4) is 0 Å². The maximum atomic E-state index is 13.4. The van der Waals surface area contributed by atoms with Crippen LogP contribution in [0.5, 0.6) is 5.75 Å². The first kappa shape index (κ1) is 30.0. The average Bonchev–Trinajstić information content (AvgIpc) is 2.99. The third-order valence-corrected chi connectivity index (χ3v) is 10.1. The monoisotopic (exact) mass is 602 g/mol. The Bertz CT molecular complexity index is 1580. The lowest BCUT2D eigenvalue weighted by molar-refractivity contribution is -0.384. The van der Waals surface area contributed by atoms with Crippen LogP contribution in [-0.4, -0.2) is 64.8 Å². The molecule has 1 aliphatic rings. The molecule has 3 aromatic rings. The minimum atomic E-state index is -4.22. The number of sulfonamides is 2. The van der Waals surface area contributed by atoms with Crippen molar-refractivity contribution in [3.8, 4) is 5.75 Å². The van der Waals surface area contributed by atoms with Gasteiger partial charge in [-0.05, 0) is 55.3 Å². The third-order valence-electron chi connectivity index (χ3n) is 6.42. The molecule has 1 heterocycles. The fourth-order valence-corrected chi connectivity index (χ4v) is 7.26. The molecule has 3 aromatic carbocycles. The fourth-order valence-electron chi connectivity index (χ4n) is 4.30. The molecule has 1 fully saturated rings. The summed E-state index contributed by atoms with van der Waals surface area (Å²) in [6, 6.07) is 18.5. The van der Waals surface area contributed by atoms with Gasteiger partial charge >= 0.3 is 0 Å². The average molecular weight is 603 g/mol. The largest absolute Gasteiger partial charge is 0.492 e. The molecule has 0 saturated carbocycles. The van der Waals surface area contributed by atoms with Gasteiger partial charge < -0.3 is 10.1 Å². The number of non-ortho nitro benzene ring substituents is 1. The number of carbonyl (C=O) groups excluding carboxylic acids is 1. The second kappa shape index (κ2) is 13.1. The molecule has 0 aromatic heterocycles. The maximum absolute atomic E-state index is 13.4. The summed E-state index contributed by atoms with van der Waals surface area (Å²) < 4.78 is 60.2. The number of nitro benzene ring substituents is 1. The zero-order chi connectivity index (χ0) is 29.5. The van der Waals surface area contributed by atoms with Gasteiger partial charge in [0.15, 0.2) is 0 Å². The topological polar surface area (TPSA) is 156 Å². The van der Waals surface area contributed by atoms with Gasteiger partial charge in [-0.25, -0.2) is 16.8 Å². The van der Waals surface area contributed by atoms with Crippen molar-refractivity contribution in [1.29, 1.82) is 0 Å². The van der Waals surface area contributed by atoms with Crippen LogP contribution < -0.4 is 14.4 Å². The van der Waals surface area contributed by atoms with Crippen LogP contribution in [0.4, 0.5) is 11.4 Å². The number of ether oxygens (including phenoxy) is 1. The Hall–Kier alpha value is -4.01. The SMILES string of the molecule is O=C(CN(c1cccc([N+](=O)[O-])c1)S(=O)(=O)c1ccccc1)NCCOc1ccc(S(=O)(=O)N2CCCCC2)cc1. The number of nitro groups is 1. The molecule has 14 heteroatoms. The molecule has 12 nitrogen and oxygen atoms in total. The summed E-state index contributed by atoms with van der Waals surface area (Å²) in [4.78, 5) is 23.5. The van der Waals surface area contributed by atoms with Crippen LogP contribution in [0.1, 0.15) is 19.3 Å². The first-order valence-corrected chi connectivity index (χ1v) is 15.8. The molecule has 41 heavy (non-hydrogen) atoms. The van der Waals surface area contributed by atoms with Crippen molar-refractivity contribution >= 4 is 37.3 Å². The minimum Gasteiger partial charge on any atom is -0.492 e. The number of carbonyl (C=O) groups is 1. The highest BCUT2D eigenvalue weighted by Crippen LogP contribution is 2.27. The number of hydrogen-bond acceptors (Lipinski definition) is 8. The van der Waals surface area contributed by atoms with E-state index in [-0.39, 0.29) is 34.3 Å².